The summed E-state index contributed by atoms with van der Waals surface area (Å²) < 4.78 is 27.2. The number of nitrogens with one attached hydrogen (secondary N) is 1. The molecule has 2 aliphatic rings. The van der Waals surface area contributed by atoms with Crippen LogP contribution in [0.1, 0.15) is 65.5 Å². The van der Waals surface area contributed by atoms with Gasteiger partial charge in [-0.3, -0.25) is 19.2 Å². The Morgan fingerprint density at radius 2 is 1.37 bits per heavy atom. The van der Waals surface area contributed by atoms with E-state index in [1.807, 2.05) is 30.3 Å². The van der Waals surface area contributed by atoms with Crippen molar-refractivity contribution < 1.29 is 33.1 Å². The fourth-order valence-corrected chi connectivity index (χ4v) is 6.23. The Kier molecular flexibility index (Phi) is 9.13. The second kappa shape index (κ2) is 13.1. The van der Waals surface area contributed by atoms with Crippen LogP contribution in [0.2, 0.25) is 0 Å². The van der Waals surface area contributed by atoms with E-state index in [0.29, 0.717) is 5.56 Å². The van der Waals surface area contributed by atoms with Crippen LogP contribution in [0.3, 0.4) is 0 Å². The molecule has 3 aromatic rings. The van der Waals surface area contributed by atoms with Crippen LogP contribution >= 0.6 is 0 Å². The smallest absolute Gasteiger partial charge is 0.305 e. The maximum absolute atomic E-state index is 14.4. The normalized spacial score (nSPS) is 18.3. The van der Waals surface area contributed by atoms with Crippen LogP contribution in [0.5, 0.6) is 0 Å². The van der Waals surface area contributed by atoms with Gasteiger partial charge in [-0.15, -0.1) is 0 Å². The lowest BCUT2D eigenvalue weighted by Crippen LogP contribution is -2.55. The summed E-state index contributed by atoms with van der Waals surface area (Å²) in [5.74, 6) is -4.29. The maximum Gasteiger partial charge on any atom is 0.305 e. The fourth-order valence-electron chi connectivity index (χ4n) is 6.23. The molecule has 0 bridgehead atoms. The van der Waals surface area contributed by atoms with Gasteiger partial charge in [0.15, 0.2) is 6.17 Å². The Hall–Kier alpha value is -4.60. The predicted molar refractivity (Wildman–Crippen MR) is 154 cm³/mol. The van der Waals surface area contributed by atoms with Gasteiger partial charge in [0.2, 0.25) is 5.91 Å². The molecule has 8 nitrogen and oxygen atoms in total. The molecule has 1 heterocycles. The number of hydrogen-bond acceptors (Lipinski definition) is 4. The van der Waals surface area contributed by atoms with Crippen molar-refractivity contribution in [1.82, 2.24) is 15.1 Å². The minimum absolute atomic E-state index is 0.0480. The first-order valence-electron chi connectivity index (χ1n) is 14.4. The third-order valence-electron chi connectivity index (χ3n) is 8.31. The summed E-state index contributed by atoms with van der Waals surface area (Å²) in [7, 11) is 0. The van der Waals surface area contributed by atoms with Crippen LogP contribution in [0, 0.1) is 17.6 Å². The molecule has 3 aromatic carbocycles. The summed E-state index contributed by atoms with van der Waals surface area (Å²) in [6.07, 6.45) is 1.83. The van der Waals surface area contributed by atoms with Gasteiger partial charge in [0.1, 0.15) is 11.6 Å². The molecule has 2 N–H and O–H groups in total. The number of benzene rings is 3. The number of nitrogens with zero attached hydrogens (tertiary/aromatic N) is 2. The lowest BCUT2D eigenvalue weighted by atomic mass is 9.83. The van der Waals surface area contributed by atoms with Crippen LogP contribution in [0.25, 0.3) is 0 Å². The van der Waals surface area contributed by atoms with Gasteiger partial charge in [-0.05, 0) is 66.3 Å². The first kappa shape index (κ1) is 29.9. The molecule has 10 heteroatoms. The number of carbonyl (C=O) groups excluding carboxylic acids is 3. The molecular formula is C33H33F2N3O5. The highest BCUT2D eigenvalue weighted by Gasteiger charge is 2.46. The second-order valence-corrected chi connectivity index (χ2v) is 11.1. The highest BCUT2D eigenvalue weighted by molar-refractivity contribution is 6.00. The molecule has 3 amide bonds. The van der Waals surface area contributed by atoms with Gasteiger partial charge in [-0.1, -0.05) is 55.3 Å². The molecule has 224 valence electrons. The third kappa shape index (κ3) is 6.74. The molecule has 1 aliphatic carbocycles. The maximum atomic E-state index is 14.4. The van der Waals surface area contributed by atoms with Crippen LogP contribution in [0.4, 0.5) is 8.78 Å². The Morgan fingerprint density at radius 1 is 0.791 bits per heavy atom. The van der Waals surface area contributed by atoms with Gasteiger partial charge in [0, 0.05) is 18.7 Å². The topological polar surface area (TPSA) is 107 Å². The van der Waals surface area contributed by atoms with Crippen molar-refractivity contribution in [2.24, 2.45) is 5.92 Å². The van der Waals surface area contributed by atoms with Crippen LogP contribution in [-0.4, -0.2) is 57.9 Å². The summed E-state index contributed by atoms with van der Waals surface area (Å²) in [6.45, 7) is 0.131. The van der Waals surface area contributed by atoms with Crippen LogP contribution < -0.4 is 5.32 Å². The summed E-state index contributed by atoms with van der Waals surface area (Å²) in [6, 6.07) is 18.3. The van der Waals surface area contributed by atoms with Crippen molar-refractivity contribution in [2.75, 3.05) is 13.1 Å². The van der Waals surface area contributed by atoms with E-state index in [2.05, 4.69) is 5.32 Å². The molecule has 3 unspecified atom stereocenters. The van der Waals surface area contributed by atoms with Crippen molar-refractivity contribution in [1.29, 1.82) is 0 Å². The van der Waals surface area contributed by atoms with Crippen LogP contribution in [-0.2, 0) is 14.4 Å². The molecule has 0 spiro atoms. The second-order valence-electron chi connectivity index (χ2n) is 11.1. The Labute approximate surface area is 248 Å². The van der Waals surface area contributed by atoms with Crippen molar-refractivity contribution in [2.45, 2.75) is 50.2 Å². The average molecular weight is 590 g/mol. The zero-order chi connectivity index (χ0) is 30.5. The van der Waals surface area contributed by atoms with Gasteiger partial charge in [-0.25, -0.2) is 8.78 Å². The number of carboxylic acids is 1. The summed E-state index contributed by atoms with van der Waals surface area (Å²) in [5, 5.41) is 12.3. The number of hydrogen-bond donors (Lipinski definition) is 2. The van der Waals surface area contributed by atoms with E-state index in [9.17, 15) is 33.1 Å². The zero-order valence-corrected chi connectivity index (χ0v) is 23.5. The Morgan fingerprint density at radius 3 is 1.98 bits per heavy atom. The van der Waals surface area contributed by atoms with Crippen molar-refractivity contribution in [3.05, 3.63) is 107 Å². The number of aliphatic carboxylic acids is 1. The number of carbonyl (C=O) groups is 4. The molecule has 1 saturated carbocycles. The Balaban J connectivity index is 1.50. The van der Waals surface area contributed by atoms with Gasteiger partial charge in [-0.2, -0.15) is 0 Å². The van der Waals surface area contributed by atoms with Crippen molar-refractivity contribution >= 4 is 23.7 Å². The summed E-state index contributed by atoms with van der Waals surface area (Å²) >= 11 is 0. The van der Waals surface area contributed by atoms with E-state index in [1.54, 1.807) is 0 Å². The predicted octanol–water partition coefficient (Wildman–Crippen LogP) is 4.88. The van der Waals surface area contributed by atoms with Gasteiger partial charge in [0.25, 0.3) is 11.8 Å². The highest BCUT2D eigenvalue weighted by Crippen LogP contribution is 2.39. The minimum Gasteiger partial charge on any atom is -0.481 e. The monoisotopic (exact) mass is 589 g/mol. The van der Waals surface area contributed by atoms with E-state index in [1.165, 1.54) is 34.1 Å². The SMILES string of the molecule is O=C(O)CC(NC(=O)C1N(C(=O)c2ccc(F)cc2)CCN1C(=O)C(c1ccccc1)C1CCCC1)c1ccc(F)cc1. The minimum atomic E-state index is -1.38. The third-order valence-corrected chi connectivity index (χ3v) is 8.31. The quantitative estimate of drug-likeness (QED) is 0.370. The van der Waals surface area contributed by atoms with Gasteiger partial charge in [0.05, 0.1) is 18.4 Å². The van der Waals surface area contributed by atoms with Gasteiger partial charge >= 0.3 is 5.97 Å². The molecule has 1 aliphatic heterocycles. The highest BCUT2D eigenvalue weighted by atomic mass is 19.1. The number of carboxylic acid groups (broad SMARTS) is 1. The first-order chi connectivity index (χ1) is 20.7. The van der Waals surface area contributed by atoms with E-state index in [4.69, 9.17) is 0 Å². The van der Waals surface area contributed by atoms with Crippen molar-refractivity contribution in [3.8, 4) is 0 Å². The largest absolute Gasteiger partial charge is 0.481 e. The standard InChI is InChI=1S/C33H33F2N3O5/c34-25-14-10-21(11-15-25)27(20-28(39)40)36-30(41)31-37(32(42)24-12-16-26(35)17-13-24)18-19-38(31)33(43)29(23-8-4-5-9-23)22-6-2-1-3-7-22/h1-3,6-7,10-17,23,27,29,31H,4-5,8-9,18-20H2,(H,36,41)(H,39,40). The lowest BCUT2D eigenvalue weighted by molar-refractivity contribution is -0.144. The van der Waals surface area contributed by atoms with Crippen molar-refractivity contribution in [3.63, 3.8) is 0 Å². The van der Waals surface area contributed by atoms with E-state index >= 15 is 0 Å². The number of halogens is 2. The molecular weight excluding hydrogens is 556 g/mol. The van der Waals surface area contributed by atoms with E-state index < -0.39 is 54.0 Å². The summed E-state index contributed by atoms with van der Waals surface area (Å²) in [5.41, 5.74) is 1.33. The molecule has 5 rings (SSSR count). The summed E-state index contributed by atoms with van der Waals surface area (Å²) in [4.78, 5) is 56.5. The molecule has 3 atom stereocenters. The lowest BCUT2D eigenvalue weighted by Gasteiger charge is -2.34. The van der Waals surface area contributed by atoms with Crippen LogP contribution in [0.15, 0.2) is 78.9 Å². The first-order valence-corrected chi connectivity index (χ1v) is 14.4. The molecule has 2 fully saturated rings. The van der Waals surface area contributed by atoms with E-state index in [0.717, 1.165) is 55.5 Å². The molecule has 1 saturated heterocycles. The van der Waals surface area contributed by atoms with Gasteiger partial charge < -0.3 is 20.2 Å². The Bertz CT molecular complexity index is 1460. The van der Waals surface area contributed by atoms with E-state index in [-0.39, 0.29) is 30.5 Å². The molecule has 0 radical (unpaired) electrons. The zero-order valence-electron chi connectivity index (χ0n) is 23.5. The number of rotatable bonds is 9. The molecule has 43 heavy (non-hydrogen) atoms. The number of amides is 3. The fraction of sp³-hybridized carbons (Fsp3) is 0.333. The molecule has 0 aromatic heterocycles. The average Bonchev–Trinajstić information content (AvgIpc) is 3.69.